The molecule has 2 rings (SSSR count). The molecule has 0 spiro atoms. The number of nitrogens with one attached hydrogen (secondary N) is 1. The third-order valence-corrected chi connectivity index (χ3v) is 2.59. The van der Waals surface area contributed by atoms with Crippen molar-refractivity contribution in [1.82, 2.24) is 19.9 Å². The van der Waals surface area contributed by atoms with Crippen molar-refractivity contribution in [3.05, 3.63) is 12.1 Å². The second-order valence-electron chi connectivity index (χ2n) is 3.20. The van der Waals surface area contributed by atoms with Crippen molar-refractivity contribution in [2.45, 2.75) is 10.2 Å². The Labute approximate surface area is 106 Å². The summed E-state index contributed by atoms with van der Waals surface area (Å²) in [6, 6.07) is 3.06. The Morgan fingerprint density at radius 3 is 2.22 bits per heavy atom. The number of rotatable bonds is 3. The van der Waals surface area contributed by atoms with Gasteiger partial charge in [-0.05, 0) is 11.8 Å². The fourth-order valence-electron chi connectivity index (χ4n) is 1.17. The molecule has 2 aromatic heterocycles. The van der Waals surface area contributed by atoms with E-state index in [0.717, 1.165) is 11.8 Å². The van der Waals surface area contributed by atoms with Gasteiger partial charge in [0.05, 0.1) is 0 Å². The molecule has 94 valence electrons. The van der Waals surface area contributed by atoms with E-state index in [2.05, 4.69) is 25.4 Å². The van der Waals surface area contributed by atoms with Crippen LogP contribution in [-0.4, -0.2) is 19.9 Å². The first kappa shape index (κ1) is 12.1. The van der Waals surface area contributed by atoms with Crippen LogP contribution in [0.5, 0.6) is 0 Å². The summed E-state index contributed by atoms with van der Waals surface area (Å²) in [6.07, 6.45) is 0. The zero-order chi connectivity index (χ0) is 13.1. The van der Waals surface area contributed by atoms with Gasteiger partial charge in [0.15, 0.2) is 5.16 Å². The van der Waals surface area contributed by atoms with Gasteiger partial charge in [0, 0.05) is 12.1 Å². The van der Waals surface area contributed by atoms with E-state index in [1.807, 2.05) is 0 Å². The van der Waals surface area contributed by atoms with Crippen LogP contribution in [-0.2, 0) is 0 Å². The molecular weight excluding hydrogens is 254 g/mol. The lowest BCUT2D eigenvalue weighted by Crippen LogP contribution is -2.10. The zero-order valence-corrected chi connectivity index (χ0v) is 9.98. The van der Waals surface area contributed by atoms with Crippen molar-refractivity contribution >= 4 is 35.2 Å². The van der Waals surface area contributed by atoms with Gasteiger partial charge < -0.3 is 22.6 Å². The van der Waals surface area contributed by atoms with Gasteiger partial charge in [-0.3, -0.25) is 0 Å². The van der Waals surface area contributed by atoms with E-state index in [-0.39, 0.29) is 17.6 Å². The van der Waals surface area contributed by atoms with Crippen LogP contribution >= 0.6 is 11.8 Å². The second kappa shape index (κ2) is 4.89. The van der Waals surface area contributed by atoms with Crippen molar-refractivity contribution in [1.29, 1.82) is 0 Å². The molecule has 0 unspecified atom stereocenters. The molecule has 10 heteroatoms. The first-order valence-corrected chi connectivity index (χ1v) is 5.57. The highest BCUT2D eigenvalue weighted by Gasteiger charge is 2.07. The summed E-state index contributed by atoms with van der Waals surface area (Å²) in [4.78, 5) is 15.9. The average molecular weight is 265 g/mol. The number of anilines is 4. The Balaban J connectivity index is 2.30. The van der Waals surface area contributed by atoms with Crippen LogP contribution in [0.15, 0.2) is 22.3 Å². The zero-order valence-electron chi connectivity index (χ0n) is 9.16. The van der Waals surface area contributed by atoms with Crippen molar-refractivity contribution < 1.29 is 0 Å². The summed E-state index contributed by atoms with van der Waals surface area (Å²) in [7, 11) is 0. The number of hydrogen-bond acceptors (Lipinski definition) is 10. The summed E-state index contributed by atoms with van der Waals surface area (Å²) in [5, 5.41) is 0.897. The minimum Gasteiger partial charge on any atom is -0.383 e. The molecule has 0 saturated carbocycles. The molecule has 0 aliphatic carbocycles. The van der Waals surface area contributed by atoms with Crippen molar-refractivity contribution in [2.24, 2.45) is 5.84 Å². The van der Waals surface area contributed by atoms with E-state index in [9.17, 15) is 0 Å². The number of hydrogen-bond donors (Lipinski definition) is 5. The molecule has 9 N–H and O–H groups in total. The van der Waals surface area contributed by atoms with Gasteiger partial charge in [-0.2, -0.15) is 4.98 Å². The number of nitrogens with two attached hydrogens (primary N) is 4. The fourth-order valence-corrected chi connectivity index (χ4v) is 1.97. The highest BCUT2D eigenvalue weighted by Crippen LogP contribution is 2.26. The Kier molecular flexibility index (Phi) is 3.30. The molecule has 0 aliphatic heterocycles. The van der Waals surface area contributed by atoms with E-state index in [0.29, 0.717) is 16.0 Å². The highest BCUT2D eigenvalue weighted by atomic mass is 32.2. The molecule has 0 aromatic carbocycles. The number of aromatic nitrogens is 4. The third-order valence-electron chi connectivity index (χ3n) is 1.81. The van der Waals surface area contributed by atoms with E-state index in [4.69, 9.17) is 23.0 Å². The quantitative estimate of drug-likeness (QED) is 0.210. The van der Waals surface area contributed by atoms with Gasteiger partial charge in [-0.25, -0.2) is 20.8 Å². The summed E-state index contributed by atoms with van der Waals surface area (Å²) >= 11 is 1.15. The van der Waals surface area contributed by atoms with Crippen molar-refractivity contribution in [3.63, 3.8) is 0 Å². The predicted molar refractivity (Wildman–Crippen MR) is 69.2 cm³/mol. The first-order valence-electron chi connectivity index (χ1n) is 4.76. The Bertz CT molecular complexity index is 552. The molecule has 0 atom stereocenters. The maximum Gasteiger partial charge on any atom is 0.223 e. The highest BCUT2D eigenvalue weighted by molar-refractivity contribution is 7.99. The fraction of sp³-hybridized carbons (Fsp3) is 0. The Hall–Kier alpha value is -2.33. The minimum absolute atomic E-state index is 0.0878. The van der Waals surface area contributed by atoms with E-state index in [1.54, 1.807) is 6.07 Å². The summed E-state index contributed by atoms with van der Waals surface area (Å²) in [5.74, 6) is 6.29. The smallest absolute Gasteiger partial charge is 0.223 e. The molecule has 0 amide bonds. The van der Waals surface area contributed by atoms with E-state index < -0.39 is 0 Å². The van der Waals surface area contributed by atoms with Crippen LogP contribution in [0.3, 0.4) is 0 Å². The lowest BCUT2D eigenvalue weighted by atomic mass is 10.5. The summed E-state index contributed by atoms with van der Waals surface area (Å²) in [5.41, 5.74) is 19.0. The maximum atomic E-state index is 5.56. The van der Waals surface area contributed by atoms with Gasteiger partial charge in [-0.15, -0.1) is 0 Å². The monoisotopic (exact) mass is 265 g/mol. The molecule has 2 heterocycles. The van der Waals surface area contributed by atoms with E-state index >= 15 is 0 Å². The second-order valence-corrected chi connectivity index (χ2v) is 4.18. The number of nitrogen functional groups attached to an aromatic ring is 4. The van der Waals surface area contributed by atoms with Crippen LogP contribution < -0.4 is 28.5 Å². The lowest BCUT2D eigenvalue weighted by molar-refractivity contribution is 0.972. The normalized spacial score (nSPS) is 10.3. The van der Waals surface area contributed by atoms with Gasteiger partial charge in [0.2, 0.25) is 5.95 Å². The minimum atomic E-state index is 0.0878. The predicted octanol–water partition coefficient (Wildman–Crippen LogP) is -0.550. The molecular formula is C8H11N9S. The maximum absolute atomic E-state index is 5.56. The van der Waals surface area contributed by atoms with Crippen LogP contribution in [0.25, 0.3) is 0 Å². The molecule has 2 aromatic rings. The van der Waals surface area contributed by atoms with Gasteiger partial charge in [0.1, 0.15) is 22.5 Å². The van der Waals surface area contributed by atoms with Crippen LogP contribution in [0, 0.1) is 0 Å². The lowest BCUT2D eigenvalue weighted by Gasteiger charge is -2.04. The Morgan fingerprint density at radius 2 is 1.61 bits per heavy atom. The number of nitrogens with zero attached hydrogens (tertiary/aromatic N) is 4. The SMILES string of the molecule is NNc1cc(Sc2nc(N)cc(N)n2)nc(N)n1. The molecule has 0 radical (unpaired) electrons. The van der Waals surface area contributed by atoms with Crippen molar-refractivity contribution in [2.75, 3.05) is 22.6 Å². The molecule has 0 fully saturated rings. The van der Waals surface area contributed by atoms with Gasteiger partial charge in [0.25, 0.3) is 0 Å². The topological polar surface area (TPSA) is 168 Å². The number of hydrazine groups is 1. The molecule has 0 aliphatic rings. The molecule has 0 saturated heterocycles. The van der Waals surface area contributed by atoms with E-state index in [1.165, 1.54) is 6.07 Å². The van der Waals surface area contributed by atoms with Crippen LogP contribution in [0.1, 0.15) is 0 Å². The van der Waals surface area contributed by atoms with Gasteiger partial charge in [-0.1, -0.05) is 0 Å². The van der Waals surface area contributed by atoms with Gasteiger partial charge >= 0.3 is 0 Å². The van der Waals surface area contributed by atoms with Crippen molar-refractivity contribution in [3.8, 4) is 0 Å². The third kappa shape index (κ3) is 2.87. The molecule has 0 bridgehead atoms. The average Bonchev–Trinajstić information content (AvgIpc) is 2.26. The Morgan fingerprint density at radius 1 is 0.944 bits per heavy atom. The first-order chi connectivity index (χ1) is 8.56. The largest absolute Gasteiger partial charge is 0.383 e. The summed E-state index contributed by atoms with van der Waals surface area (Å²) in [6.45, 7) is 0. The van der Waals surface area contributed by atoms with Crippen LogP contribution in [0.2, 0.25) is 0 Å². The molecule has 9 nitrogen and oxygen atoms in total. The molecule has 18 heavy (non-hydrogen) atoms. The van der Waals surface area contributed by atoms with Crippen LogP contribution in [0.4, 0.5) is 23.4 Å². The standard InChI is InChI=1S/C8H11N9S/c9-3-1-4(10)14-8(13-3)18-6-2-5(17-12)15-7(11)16-6/h1-2H,12H2,(H4,9,10,13,14)(H3,11,15,16,17). The summed E-state index contributed by atoms with van der Waals surface area (Å²) < 4.78 is 0.